The minimum Gasteiger partial charge on any atom is -0.410 e. The van der Waals surface area contributed by atoms with Crippen molar-refractivity contribution in [2.24, 2.45) is 0 Å². The van der Waals surface area contributed by atoms with Crippen LogP contribution in [0.4, 0.5) is 4.79 Å². The van der Waals surface area contributed by atoms with Gasteiger partial charge in [0.05, 0.1) is 0 Å². The second-order valence-electron chi connectivity index (χ2n) is 4.79. The Balaban J connectivity index is 1.88. The number of likely N-dealkylation sites (tertiary alicyclic amines) is 1. The summed E-state index contributed by atoms with van der Waals surface area (Å²) in [6, 6.07) is 9.71. The summed E-state index contributed by atoms with van der Waals surface area (Å²) in [4.78, 5) is 16.2. The molecule has 1 unspecified atom stereocenters. The van der Waals surface area contributed by atoms with Crippen molar-refractivity contribution in [3.05, 3.63) is 30.3 Å². The molecule has 1 aliphatic heterocycles. The van der Waals surface area contributed by atoms with Crippen LogP contribution in [0.1, 0.15) is 20.3 Å². The van der Waals surface area contributed by atoms with Crippen molar-refractivity contribution >= 4 is 6.09 Å². The van der Waals surface area contributed by atoms with Crippen molar-refractivity contribution in [1.82, 2.24) is 9.80 Å². The maximum atomic E-state index is 12.0. The van der Waals surface area contributed by atoms with Crippen LogP contribution in [-0.4, -0.2) is 48.1 Å². The van der Waals surface area contributed by atoms with Crippen molar-refractivity contribution in [3.63, 3.8) is 0 Å². The van der Waals surface area contributed by atoms with E-state index in [1.165, 1.54) is 0 Å². The quantitative estimate of drug-likeness (QED) is 0.836. The third kappa shape index (κ3) is 3.47. The molecular weight excluding hydrogens is 240 g/mol. The van der Waals surface area contributed by atoms with Crippen LogP contribution in [0.15, 0.2) is 30.3 Å². The van der Waals surface area contributed by atoms with Crippen LogP contribution < -0.4 is 4.74 Å². The molecule has 1 heterocycles. The van der Waals surface area contributed by atoms with Gasteiger partial charge in [-0.15, -0.1) is 0 Å². The summed E-state index contributed by atoms with van der Waals surface area (Å²) in [7, 11) is 0. The molecule has 1 amide bonds. The standard InChI is InChI=1S/C15H22N2O2/c1-3-16(4-2)13-10-11-17(12-13)15(18)19-14-8-6-5-7-9-14/h5-9,13H,3-4,10-12H2,1-2H3. The number of carbonyl (C=O) groups is 1. The Hall–Kier alpha value is -1.55. The first-order valence-electron chi connectivity index (χ1n) is 7.00. The van der Waals surface area contributed by atoms with Gasteiger partial charge in [-0.05, 0) is 31.6 Å². The Kier molecular flexibility index (Phi) is 4.80. The van der Waals surface area contributed by atoms with E-state index in [-0.39, 0.29) is 6.09 Å². The molecule has 0 aliphatic carbocycles. The average molecular weight is 262 g/mol. The van der Waals surface area contributed by atoms with Crippen molar-refractivity contribution in [3.8, 4) is 5.75 Å². The Morgan fingerprint density at radius 1 is 1.32 bits per heavy atom. The van der Waals surface area contributed by atoms with E-state index in [4.69, 9.17) is 4.74 Å². The van der Waals surface area contributed by atoms with Gasteiger partial charge in [-0.2, -0.15) is 0 Å². The fourth-order valence-corrected chi connectivity index (χ4v) is 2.60. The number of ether oxygens (including phenoxy) is 1. The zero-order valence-electron chi connectivity index (χ0n) is 11.7. The molecule has 4 heteroatoms. The van der Waals surface area contributed by atoms with E-state index >= 15 is 0 Å². The van der Waals surface area contributed by atoms with Crippen LogP contribution in [-0.2, 0) is 0 Å². The highest BCUT2D eigenvalue weighted by Gasteiger charge is 2.30. The van der Waals surface area contributed by atoms with E-state index < -0.39 is 0 Å². The summed E-state index contributed by atoms with van der Waals surface area (Å²) in [5, 5.41) is 0. The molecule has 0 spiro atoms. The van der Waals surface area contributed by atoms with Gasteiger partial charge in [0.25, 0.3) is 0 Å². The number of para-hydroxylation sites is 1. The highest BCUT2D eigenvalue weighted by Crippen LogP contribution is 2.18. The zero-order chi connectivity index (χ0) is 13.7. The summed E-state index contributed by atoms with van der Waals surface area (Å²) < 4.78 is 5.36. The minimum absolute atomic E-state index is 0.235. The third-order valence-electron chi connectivity index (χ3n) is 3.70. The molecule has 2 rings (SSSR count). The predicted octanol–water partition coefficient (Wildman–Crippen LogP) is 2.60. The van der Waals surface area contributed by atoms with Gasteiger partial charge in [0.1, 0.15) is 5.75 Å². The molecule has 0 aromatic heterocycles. The fraction of sp³-hybridized carbons (Fsp3) is 0.533. The topological polar surface area (TPSA) is 32.8 Å². The molecule has 4 nitrogen and oxygen atoms in total. The second-order valence-corrected chi connectivity index (χ2v) is 4.79. The molecular formula is C15H22N2O2. The summed E-state index contributed by atoms with van der Waals surface area (Å²) >= 11 is 0. The second kappa shape index (κ2) is 6.57. The molecule has 1 aromatic rings. The lowest BCUT2D eigenvalue weighted by atomic mass is 10.2. The van der Waals surface area contributed by atoms with E-state index in [1.54, 1.807) is 17.0 Å². The van der Waals surface area contributed by atoms with E-state index in [0.29, 0.717) is 11.8 Å². The number of nitrogens with zero attached hydrogens (tertiary/aromatic N) is 2. The first-order chi connectivity index (χ1) is 9.24. The lowest BCUT2D eigenvalue weighted by Crippen LogP contribution is -2.39. The Labute approximate surface area is 115 Å². The summed E-state index contributed by atoms with van der Waals surface area (Å²) in [6.45, 7) is 7.94. The normalized spacial score (nSPS) is 18.9. The Morgan fingerprint density at radius 2 is 2.00 bits per heavy atom. The monoisotopic (exact) mass is 262 g/mol. The number of hydrogen-bond acceptors (Lipinski definition) is 3. The molecule has 0 saturated carbocycles. The number of carbonyl (C=O) groups excluding carboxylic acids is 1. The molecule has 1 fully saturated rings. The number of hydrogen-bond donors (Lipinski definition) is 0. The van der Waals surface area contributed by atoms with E-state index in [0.717, 1.165) is 32.6 Å². The lowest BCUT2D eigenvalue weighted by Gasteiger charge is -2.25. The molecule has 1 aromatic carbocycles. The smallest absolute Gasteiger partial charge is 0.410 e. The average Bonchev–Trinajstić information content (AvgIpc) is 2.91. The van der Waals surface area contributed by atoms with E-state index in [9.17, 15) is 4.79 Å². The molecule has 0 radical (unpaired) electrons. The maximum Gasteiger partial charge on any atom is 0.415 e. The highest BCUT2D eigenvalue weighted by atomic mass is 16.6. The van der Waals surface area contributed by atoms with Crippen LogP contribution in [0.25, 0.3) is 0 Å². The number of benzene rings is 1. The molecule has 1 saturated heterocycles. The first-order valence-corrected chi connectivity index (χ1v) is 7.00. The van der Waals surface area contributed by atoms with Gasteiger partial charge in [0, 0.05) is 19.1 Å². The van der Waals surface area contributed by atoms with Crippen molar-refractivity contribution < 1.29 is 9.53 Å². The fourth-order valence-electron chi connectivity index (χ4n) is 2.60. The minimum atomic E-state index is -0.235. The Bertz CT molecular complexity index is 404. The van der Waals surface area contributed by atoms with Crippen molar-refractivity contribution in [2.75, 3.05) is 26.2 Å². The third-order valence-corrected chi connectivity index (χ3v) is 3.70. The van der Waals surface area contributed by atoms with Crippen LogP contribution in [0.5, 0.6) is 5.75 Å². The van der Waals surface area contributed by atoms with Gasteiger partial charge in [-0.25, -0.2) is 4.79 Å². The SMILES string of the molecule is CCN(CC)C1CCN(C(=O)Oc2ccccc2)C1. The highest BCUT2D eigenvalue weighted by molar-refractivity contribution is 5.71. The van der Waals surface area contributed by atoms with Gasteiger partial charge in [0.2, 0.25) is 0 Å². The Morgan fingerprint density at radius 3 is 2.63 bits per heavy atom. The van der Waals surface area contributed by atoms with Gasteiger partial charge < -0.3 is 9.64 Å². The van der Waals surface area contributed by atoms with Crippen LogP contribution in [0.2, 0.25) is 0 Å². The lowest BCUT2D eigenvalue weighted by molar-refractivity contribution is 0.155. The van der Waals surface area contributed by atoms with E-state index in [1.807, 2.05) is 18.2 Å². The zero-order valence-corrected chi connectivity index (χ0v) is 11.7. The number of likely N-dealkylation sites (N-methyl/N-ethyl adjacent to an activating group) is 1. The van der Waals surface area contributed by atoms with Crippen LogP contribution >= 0.6 is 0 Å². The maximum absolute atomic E-state index is 12.0. The molecule has 1 aliphatic rings. The first kappa shape index (κ1) is 13.9. The predicted molar refractivity (Wildman–Crippen MR) is 75.4 cm³/mol. The van der Waals surface area contributed by atoms with Gasteiger partial charge in [-0.1, -0.05) is 32.0 Å². The largest absolute Gasteiger partial charge is 0.415 e. The number of rotatable bonds is 4. The summed E-state index contributed by atoms with van der Waals surface area (Å²) in [5.41, 5.74) is 0. The van der Waals surface area contributed by atoms with Crippen molar-refractivity contribution in [2.45, 2.75) is 26.3 Å². The van der Waals surface area contributed by atoms with Gasteiger partial charge in [0.15, 0.2) is 0 Å². The summed E-state index contributed by atoms with van der Waals surface area (Å²) in [6.07, 6.45) is 0.798. The molecule has 0 bridgehead atoms. The van der Waals surface area contributed by atoms with Crippen molar-refractivity contribution in [1.29, 1.82) is 0 Å². The molecule has 19 heavy (non-hydrogen) atoms. The van der Waals surface area contributed by atoms with Gasteiger partial charge in [-0.3, -0.25) is 4.90 Å². The van der Waals surface area contributed by atoms with Gasteiger partial charge >= 0.3 is 6.09 Å². The molecule has 1 atom stereocenters. The summed E-state index contributed by atoms with van der Waals surface area (Å²) in [5.74, 6) is 0.610. The van der Waals surface area contributed by atoms with E-state index in [2.05, 4.69) is 18.7 Å². The molecule has 104 valence electrons. The number of amides is 1. The molecule has 0 N–H and O–H groups in total. The van der Waals surface area contributed by atoms with Crippen LogP contribution in [0.3, 0.4) is 0 Å². The van der Waals surface area contributed by atoms with Crippen LogP contribution in [0, 0.1) is 0 Å².